The lowest BCUT2D eigenvalue weighted by Crippen LogP contribution is -2.41. The average Bonchev–Trinajstić information content (AvgIpc) is 2.89. The van der Waals surface area contributed by atoms with E-state index in [4.69, 9.17) is 10.5 Å². The van der Waals surface area contributed by atoms with Gasteiger partial charge in [0.25, 0.3) is 0 Å². The smallest absolute Gasteiger partial charge is 0.225 e. The molecule has 0 spiro atoms. The molecule has 0 aliphatic carbocycles. The number of nitrogens with two attached hydrogens (primary N) is 1. The van der Waals surface area contributed by atoms with Gasteiger partial charge in [-0.3, -0.25) is 4.57 Å². The summed E-state index contributed by atoms with van der Waals surface area (Å²) in [6.07, 6.45) is 3.19. The van der Waals surface area contributed by atoms with Gasteiger partial charge >= 0.3 is 0 Å². The number of nitrogen functional groups attached to an aromatic ring is 1. The van der Waals surface area contributed by atoms with E-state index in [1.807, 2.05) is 0 Å². The van der Waals surface area contributed by atoms with Crippen molar-refractivity contribution in [2.24, 2.45) is 0 Å². The van der Waals surface area contributed by atoms with Crippen LogP contribution in [-0.4, -0.2) is 38.3 Å². The van der Waals surface area contributed by atoms with Gasteiger partial charge in [-0.05, 0) is 31.9 Å². The van der Waals surface area contributed by atoms with E-state index in [0.717, 1.165) is 18.9 Å². The highest BCUT2D eigenvalue weighted by Crippen LogP contribution is 2.26. The minimum Gasteiger partial charge on any atom is -0.381 e. The SMILES string of the molecule is CC1(Nc2ncc3nc(N)n(-c4cc(F)cc(F)c4)c3n2)CCOCC1. The largest absolute Gasteiger partial charge is 0.381 e. The first-order valence-corrected chi connectivity index (χ1v) is 8.27. The van der Waals surface area contributed by atoms with Crippen molar-refractivity contribution < 1.29 is 13.5 Å². The number of nitrogens with zero attached hydrogens (tertiary/aromatic N) is 4. The van der Waals surface area contributed by atoms with Gasteiger partial charge < -0.3 is 15.8 Å². The third-order valence-electron chi connectivity index (χ3n) is 4.54. The molecule has 0 radical (unpaired) electrons. The van der Waals surface area contributed by atoms with E-state index in [2.05, 4.69) is 27.2 Å². The zero-order valence-corrected chi connectivity index (χ0v) is 14.2. The molecule has 0 unspecified atom stereocenters. The number of aromatic nitrogens is 4. The average molecular weight is 360 g/mol. The van der Waals surface area contributed by atoms with Gasteiger partial charge in [0.15, 0.2) is 5.65 Å². The molecule has 26 heavy (non-hydrogen) atoms. The van der Waals surface area contributed by atoms with E-state index < -0.39 is 11.6 Å². The summed E-state index contributed by atoms with van der Waals surface area (Å²) in [5.41, 5.74) is 6.79. The van der Waals surface area contributed by atoms with Crippen LogP contribution in [0.4, 0.5) is 20.7 Å². The molecule has 0 amide bonds. The van der Waals surface area contributed by atoms with Gasteiger partial charge in [0.1, 0.15) is 17.2 Å². The highest BCUT2D eigenvalue weighted by molar-refractivity contribution is 5.77. The maximum absolute atomic E-state index is 13.6. The zero-order valence-electron chi connectivity index (χ0n) is 14.2. The first-order valence-electron chi connectivity index (χ1n) is 8.27. The molecule has 1 aliphatic rings. The van der Waals surface area contributed by atoms with Gasteiger partial charge in [0.2, 0.25) is 11.9 Å². The molecule has 0 bridgehead atoms. The van der Waals surface area contributed by atoms with Crippen molar-refractivity contribution in [2.75, 3.05) is 24.3 Å². The summed E-state index contributed by atoms with van der Waals surface area (Å²) >= 11 is 0. The van der Waals surface area contributed by atoms with Gasteiger partial charge in [-0.25, -0.2) is 18.7 Å². The van der Waals surface area contributed by atoms with Crippen molar-refractivity contribution in [2.45, 2.75) is 25.3 Å². The number of ether oxygens (including phenoxy) is 1. The first-order chi connectivity index (χ1) is 12.4. The Morgan fingerprint density at radius 2 is 1.85 bits per heavy atom. The van der Waals surface area contributed by atoms with Crippen molar-refractivity contribution in [3.63, 3.8) is 0 Å². The fraction of sp³-hybridized carbons (Fsp3) is 0.353. The molecule has 7 nitrogen and oxygen atoms in total. The molecule has 0 atom stereocenters. The number of anilines is 2. The first kappa shape index (κ1) is 16.6. The van der Waals surface area contributed by atoms with Crippen molar-refractivity contribution >= 4 is 23.1 Å². The van der Waals surface area contributed by atoms with E-state index in [1.54, 1.807) is 0 Å². The van der Waals surface area contributed by atoms with Crippen molar-refractivity contribution in [1.29, 1.82) is 0 Å². The molecular formula is C17H18F2N6O. The molecule has 9 heteroatoms. The molecule has 136 valence electrons. The second-order valence-electron chi connectivity index (χ2n) is 6.63. The highest BCUT2D eigenvalue weighted by Gasteiger charge is 2.28. The number of rotatable bonds is 3. The maximum Gasteiger partial charge on any atom is 0.225 e. The van der Waals surface area contributed by atoms with E-state index in [1.165, 1.54) is 22.9 Å². The van der Waals surface area contributed by atoms with Crippen LogP contribution in [0.5, 0.6) is 0 Å². The summed E-state index contributed by atoms with van der Waals surface area (Å²) in [5.74, 6) is -0.930. The van der Waals surface area contributed by atoms with Crippen LogP contribution >= 0.6 is 0 Å². The van der Waals surface area contributed by atoms with Crippen LogP contribution in [0, 0.1) is 11.6 Å². The summed E-state index contributed by atoms with van der Waals surface area (Å²) in [6.45, 7) is 3.41. The number of halogens is 2. The normalized spacial score (nSPS) is 16.7. The van der Waals surface area contributed by atoms with Crippen LogP contribution in [0.1, 0.15) is 19.8 Å². The van der Waals surface area contributed by atoms with E-state index in [-0.39, 0.29) is 17.2 Å². The Balaban J connectivity index is 1.77. The van der Waals surface area contributed by atoms with Crippen LogP contribution in [0.3, 0.4) is 0 Å². The van der Waals surface area contributed by atoms with Crippen molar-refractivity contribution in [3.8, 4) is 5.69 Å². The topological polar surface area (TPSA) is 90.9 Å². The Hall–Kier alpha value is -2.81. The van der Waals surface area contributed by atoms with Crippen LogP contribution in [-0.2, 0) is 4.74 Å². The summed E-state index contributed by atoms with van der Waals surface area (Å²) in [5, 5.41) is 3.33. The minimum atomic E-state index is -0.705. The Bertz CT molecular complexity index is 947. The Labute approximate surface area is 148 Å². The van der Waals surface area contributed by atoms with E-state index in [9.17, 15) is 8.78 Å². The summed E-state index contributed by atoms with van der Waals surface area (Å²) in [4.78, 5) is 12.9. The van der Waals surface area contributed by atoms with Gasteiger partial charge in [0, 0.05) is 24.8 Å². The number of nitrogens with one attached hydrogen (secondary N) is 1. The molecule has 1 aromatic carbocycles. The monoisotopic (exact) mass is 360 g/mol. The number of fused-ring (bicyclic) bond motifs is 1. The van der Waals surface area contributed by atoms with Gasteiger partial charge in [-0.15, -0.1) is 0 Å². The molecule has 3 aromatic rings. The summed E-state index contributed by atoms with van der Waals surface area (Å²) in [6, 6.07) is 3.15. The quantitative estimate of drug-likeness (QED) is 0.746. The lowest BCUT2D eigenvalue weighted by atomic mass is 9.93. The third kappa shape index (κ3) is 3.05. The van der Waals surface area contributed by atoms with Crippen LogP contribution in [0.15, 0.2) is 24.4 Å². The zero-order chi connectivity index (χ0) is 18.3. The van der Waals surface area contributed by atoms with Crippen LogP contribution in [0.2, 0.25) is 0 Å². The molecule has 2 aromatic heterocycles. The molecule has 1 saturated heterocycles. The predicted molar refractivity (Wildman–Crippen MR) is 93.1 cm³/mol. The fourth-order valence-electron chi connectivity index (χ4n) is 3.09. The Morgan fingerprint density at radius 1 is 1.15 bits per heavy atom. The fourth-order valence-corrected chi connectivity index (χ4v) is 3.09. The van der Waals surface area contributed by atoms with Crippen molar-refractivity contribution in [1.82, 2.24) is 19.5 Å². The highest BCUT2D eigenvalue weighted by atomic mass is 19.1. The Morgan fingerprint density at radius 3 is 2.54 bits per heavy atom. The summed E-state index contributed by atoms with van der Waals surface area (Å²) in [7, 11) is 0. The number of imidazole rings is 1. The summed E-state index contributed by atoms with van der Waals surface area (Å²) < 4.78 is 34.0. The van der Waals surface area contributed by atoms with Crippen LogP contribution < -0.4 is 11.1 Å². The minimum absolute atomic E-state index is 0.0775. The van der Waals surface area contributed by atoms with Gasteiger partial charge in [0.05, 0.1) is 11.9 Å². The van der Waals surface area contributed by atoms with Gasteiger partial charge in [-0.2, -0.15) is 4.98 Å². The molecule has 4 rings (SSSR count). The number of benzene rings is 1. The van der Waals surface area contributed by atoms with Gasteiger partial charge in [-0.1, -0.05) is 0 Å². The molecule has 1 aliphatic heterocycles. The lowest BCUT2D eigenvalue weighted by Gasteiger charge is -2.34. The molecule has 1 fully saturated rings. The Kier molecular flexibility index (Phi) is 3.95. The standard InChI is InChI=1S/C17H18F2N6O/c1-17(2-4-26-5-3-17)24-16-21-9-13-14(23-16)25(15(20)22-13)12-7-10(18)6-11(19)8-12/h6-9H,2-5H2,1H3,(H2,20,22)(H,21,23,24). The van der Waals surface area contributed by atoms with E-state index in [0.29, 0.717) is 30.3 Å². The second kappa shape index (κ2) is 6.17. The third-order valence-corrected chi connectivity index (χ3v) is 4.54. The number of hydrogen-bond donors (Lipinski definition) is 2. The molecule has 3 N–H and O–H groups in total. The molecule has 3 heterocycles. The lowest BCUT2D eigenvalue weighted by molar-refractivity contribution is 0.0656. The second-order valence-corrected chi connectivity index (χ2v) is 6.63. The maximum atomic E-state index is 13.6. The predicted octanol–water partition coefficient (Wildman–Crippen LogP) is 2.66. The number of hydrogen-bond acceptors (Lipinski definition) is 6. The van der Waals surface area contributed by atoms with Crippen LogP contribution in [0.25, 0.3) is 16.9 Å². The van der Waals surface area contributed by atoms with E-state index >= 15 is 0 Å². The van der Waals surface area contributed by atoms with Crippen molar-refractivity contribution in [3.05, 3.63) is 36.0 Å². The molecular weight excluding hydrogens is 342 g/mol. The molecule has 0 saturated carbocycles.